The number of halogens is 1. The first kappa shape index (κ1) is 16.3. The highest BCUT2D eigenvalue weighted by Crippen LogP contribution is 2.27. The van der Waals surface area contributed by atoms with Crippen LogP contribution in [-0.2, 0) is 16.6 Å². The molecule has 0 radical (unpaired) electrons. The van der Waals surface area contributed by atoms with E-state index in [0.29, 0.717) is 28.2 Å². The van der Waals surface area contributed by atoms with Crippen LogP contribution in [0.5, 0.6) is 0 Å². The third-order valence-corrected chi connectivity index (χ3v) is 5.61. The molecule has 1 heterocycles. The Morgan fingerprint density at radius 2 is 1.95 bits per heavy atom. The van der Waals surface area contributed by atoms with Crippen LogP contribution in [0.3, 0.4) is 0 Å². The minimum absolute atomic E-state index is 0.291. The second-order valence-electron chi connectivity index (χ2n) is 4.83. The molecule has 21 heavy (non-hydrogen) atoms. The molecular formula is C14H17ClN2O2S2. The van der Waals surface area contributed by atoms with E-state index in [0.717, 1.165) is 4.88 Å². The normalized spacial score (nSPS) is 11.8. The van der Waals surface area contributed by atoms with Crippen molar-refractivity contribution in [3.05, 3.63) is 45.6 Å². The summed E-state index contributed by atoms with van der Waals surface area (Å²) in [5.41, 5.74) is 0.383. The van der Waals surface area contributed by atoms with E-state index in [1.807, 2.05) is 13.8 Å². The summed E-state index contributed by atoms with van der Waals surface area (Å²) in [7, 11) is -3.64. The third kappa shape index (κ3) is 4.20. The zero-order chi connectivity index (χ0) is 15.5. The van der Waals surface area contributed by atoms with Crippen molar-refractivity contribution in [2.75, 3.05) is 4.72 Å². The van der Waals surface area contributed by atoms with Gasteiger partial charge < -0.3 is 5.32 Å². The molecule has 0 bridgehead atoms. The average Bonchev–Trinajstić information content (AvgIpc) is 2.88. The minimum Gasteiger partial charge on any atom is -0.310 e. The van der Waals surface area contributed by atoms with Crippen molar-refractivity contribution >= 4 is 38.6 Å². The van der Waals surface area contributed by atoms with Gasteiger partial charge in [0.15, 0.2) is 0 Å². The Labute approximate surface area is 134 Å². The van der Waals surface area contributed by atoms with Gasteiger partial charge in [-0.05, 0) is 23.6 Å². The van der Waals surface area contributed by atoms with Gasteiger partial charge in [0.05, 0.1) is 10.7 Å². The van der Waals surface area contributed by atoms with Gasteiger partial charge in [-0.15, -0.1) is 11.3 Å². The molecule has 0 unspecified atom stereocenters. The van der Waals surface area contributed by atoms with Crippen molar-refractivity contribution in [2.24, 2.45) is 0 Å². The number of benzene rings is 1. The summed E-state index contributed by atoms with van der Waals surface area (Å²) in [4.78, 5) is 1.07. The molecule has 2 rings (SSSR count). The van der Waals surface area contributed by atoms with E-state index in [2.05, 4.69) is 10.0 Å². The molecule has 2 N–H and O–H groups in total. The van der Waals surface area contributed by atoms with E-state index in [-0.39, 0.29) is 0 Å². The van der Waals surface area contributed by atoms with Gasteiger partial charge in [0.1, 0.15) is 4.90 Å². The molecule has 2 aromatic rings. The number of hydrogen-bond acceptors (Lipinski definition) is 4. The Balaban J connectivity index is 2.24. The van der Waals surface area contributed by atoms with Crippen molar-refractivity contribution < 1.29 is 8.42 Å². The fourth-order valence-corrected chi connectivity index (χ4v) is 4.45. The standard InChI is InChI=1S/C14H17ClN2O2S2/c1-10(2)16-9-13-14(7-8-20-13)21(18,19)17-12-6-4-3-5-11(12)15/h3-8,10,16-17H,9H2,1-2H3. The second kappa shape index (κ2) is 6.79. The first-order valence-corrected chi connectivity index (χ1v) is 9.21. The molecule has 0 aliphatic carbocycles. The van der Waals surface area contributed by atoms with Crippen LogP contribution in [0.4, 0.5) is 5.69 Å². The summed E-state index contributed by atoms with van der Waals surface area (Å²) in [6, 6.07) is 8.67. The maximum Gasteiger partial charge on any atom is 0.263 e. The zero-order valence-electron chi connectivity index (χ0n) is 11.8. The highest BCUT2D eigenvalue weighted by Gasteiger charge is 2.20. The lowest BCUT2D eigenvalue weighted by atomic mass is 10.3. The molecular weight excluding hydrogens is 328 g/mol. The van der Waals surface area contributed by atoms with Crippen molar-refractivity contribution in [3.8, 4) is 0 Å². The lowest BCUT2D eigenvalue weighted by Gasteiger charge is -2.11. The molecule has 0 aliphatic heterocycles. The lowest BCUT2D eigenvalue weighted by molar-refractivity contribution is 0.581. The van der Waals surface area contributed by atoms with Crippen LogP contribution >= 0.6 is 22.9 Å². The van der Waals surface area contributed by atoms with E-state index in [9.17, 15) is 8.42 Å². The smallest absolute Gasteiger partial charge is 0.263 e. The quantitative estimate of drug-likeness (QED) is 0.840. The van der Waals surface area contributed by atoms with Gasteiger partial charge in [-0.1, -0.05) is 37.6 Å². The Kier molecular flexibility index (Phi) is 5.27. The topological polar surface area (TPSA) is 58.2 Å². The molecule has 1 aromatic heterocycles. The molecule has 0 amide bonds. The van der Waals surface area contributed by atoms with Crippen molar-refractivity contribution in [1.82, 2.24) is 5.32 Å². The fraction of sp³-hybridized carbons (Fsp3) is 0.286. The van der Waals surface area contributed by atoms with Crippen LogP contribution in [-0.4, -0.2) is 14.5 Å². The summed E-state index contributed by atoms with van der Waals surface area (Å²) in [6.07, 6.45) is 0. The molecule has 1 aromatic carbocycles. The van der Waals surface area contributed by atoms with Crippen LogP contribution in [0, 0.1) is 0 Å². The highest BCUT2D eigenvalue weighted by atomic mass is 35.5. The van der Waals surface area contributed by atoms with Gasteiger partial charge >= 0.3 is 0 Å². The van der Waals surface area contributed by atoms with Gasteiger partial charge in [0.2, 0.25) is 0 Å². The van der Waals surface area contributed by atoms with Crippen molar-refractivity contribution in [3.63, 3.8) is 0 Å². The third-order valence-electron chi connectivity index (χ3n) is 2.78. The molecule has 0 fully saturated rings. The predicted molar refractivity (Wildman–Crippen MR) is 88.6 cm³/mol. The number of para-hydroxylation sites is 1. The largest absolute Gasteiger partial charge is 0.310 e. The molecule has 0 saturated carbocycles. The van der Waals surface area contributed by atoms with E-state index >= 15 is 0 Å². The summed E-state index contributed by atoms with van der Waals surface area (Å²) < 4.78 is 27.5. The number of nitrogens with one attached hydrogen (secondary N) is 2. The Morgan fingerprint density at radius 1 is 1.24 bits per heavy atom. The molecule has 0 spiro atoms. The Bertz CT molecular complexity index is 711. The SMILES string of the molecule is CC(C)NCc1sccc1S(=O)(=O)Nc1ccccc1Cl. The molecule has 114 valence electrons. The first-order valence-electron chi connectivity index (χ1n) is 6.47. The number of sulfonamides is 1. The van der Waals surface area contributed by atoms with Gasteiger partial charge in [-0.25, -0.2) is 8.42 Å². The van der Waals surface area contributed by atoms with Crippen LogP contribution in [0.2, 0.25) is 5.02 Å². The maximum atomic E-state index is 12.5. The summed E-state index contributed by atoms with van der Waals surface area (Å²) in [6.45, 7) is 4.56. The van der Waals surface area contributed by atoms with Crippen LogP contribution in [0.1, 0.15) is 18.7 Å². The fourth-order valence-electron chi connectivity index (χ4n) is 1.74. The Hall–Kier alpha value is -1.08. The monoisotopic (exact) mass is 344 g/mol. The van der Waals surface area contributed by atoms with Crippen LogP contribution in [0.15, 0.2) is 40.6 Å². The van der Waals surface area contributed by atoms with Crippen molar-refractivity contribution in [1.29, 1.82) is 0 Å². The van der Waals surface area contributed by atoms with E-state index in [1.165, 1.54) is 11.3 Å². The number of hydrogen-bond donors (Lipinski definition) is 2. The number of thiophene rings is 1. The van der Waals surface area contributed by atoms with Gasteiger partial charge in [0, 0.05) is 17.5 Å². The summed E-state index contributed by atoms with van der Waals surface area (Å²) in [5.74, 6) is 0. The lowest BCUT2D eigenvalue weighted by Crippen LogP contribution is -2.23. The highest BCUT2D eigenvalue weighted by molar-refractivity contribution is 7.93. The molecule has 0 saturated heterocycles. The predicted octanol–water partition coefficient (Wildman–Crippen LogP) is 3.70. The first-order chi connectivity index (χ1) is 9.90. The molecule has 7 heteroatoms. The maximum absolute atomic E-state index is 12.5. The molecule has 4 nitrogen and oxygen atoms in total. The van der Waals surface area contributed by atoms with E-state index < -0.39 is 10.0 Å². The van der Waals surface area contributed by atoms with Crippen LogP contribution < -0.4 is 10.0 Å². The minimum atomic E-state index is -3.64. The van der Waals surface area contributed by atoms with Gasteiger partial charge in [-0.3, -0.25) is 4.72 Å². The molecule has 0 aliphatic rings. The van der Waals surface area contributed by atoms with Crippen LogP contribution in [0.25, 0.3) is 0 Å². The molecule has 0 atom stereocenters. The van der Waals surface area contributed by atoms with Gasteiger partial charge in [0.25, 0.3) is 10.0 Å². The van der Waals surface area contributed by atoms with Crippen molar-refractivity contribution in [2.45, 2.75) is 31.3 Å². The van der Waals surface area contributed by atoms with E-state index in [4.69, 9.17) is 11.6 Å². The number of rotatable bonds is 6. The summed E-state index contributed by atoms with van der Waals surface area (Å²) >= 11 is 7.42. The van der Waals surface area contributed by atoms with E-state index in [1.54, 1.807) is 35.7 Å². The Morgan fingerprint density at radius 3 is 2.62 bits per heavy atom. The second-order valence-corrected chi connectivity index (χ2v) is 7.89. The summed E-state index contributed by atoms with van der Waals surface area (Å²) in [5, 5.41) is 5.38. The zero-order valence-corrected chi connectivity index (χ0v) is 14.1. The van der Waals surface area contributed by atoms with Gasteiger partial charge in [-0.2, -0.15) is 0 Å². The number of anilines is 1. The average molecular weight is 345 g/mol.